The molecule has 0 aliphatic heterocycles. The second-order valence-corrected chi connectivity index (χ2v) is 6.02. The van der Waals surface area contributed by atoms with Gasteiger partial charge in [-0.1, -0.05) is 48.5 Å². The monoisotopic (exact) mass is 278 g/mol. The lowest BCUT2D eigenvalue weighted by Crippen LogP contribution is -2.11. The molecule has 4 aromatic rings. The lowest BCUT2D eigenvalue weighted by molar-refractivity contribution is 0.979. The molecule has 0 atom stereocenters. The van der Waals surface area contributed by atoms with Crippen molar-refractivity contribution in [3.63, 3.8) is 0 Å². The van der Waals surface area contributed by atoms with Gasteiger partial charge in [0.05, 0.1) is 10.4 Å². The summed E-state index contributed by atoms with van der Waals surface area (Å²) in [6.07, 6.45) is 0. The van der Waals surface area contributed by atoms with Crippen molar-refractivity contribution in [1.82, 2.24) is 4.68 Å². The fourth-order valence-electron chi connectivity index (χ4n) is 2.84. The van der Waals surface area contributed by atoms with Crippen LogP contribution in [0.1, 0.15) is 5.69 Å². The van der Waals surface area contributed by atoms with Gasteiger partial charge in [0.2, 0.25) is 0 Å². The zero-order valence-electron chi connectivity index (χ0n) is 11.1. The number of benzene rings is 2. The highest BCUT2D eigenvalue weighted by Gasteiger charge is 2.18. The van der Waals surface area contributed by atoms with Gasteiger partial charge in [-0.15, -0.1) is 11.3 Å². The van der Waals surface area contributed by atoms with E-state index in [0.29, 0.717) is 0 Å². The van der Waals surface area contributed by atoms with Crippen molar-refractivity contribution in [3.05, 3.63) is 60.3 Å². The molecule has 2 aromatic heterocycles. The summed E-state index contributed by atoms with van der Waals surface area (Å²) in [5.74, 6) is 6.31. The summed E-state index contributed by atoms with van der Waals surface area (Å²) in [5, 5.41) is 2.58. The summed E-state index contributed by atoms with van der Waals surface area (Å²) in [4.78, 5) is 0. The second kappa shape index (κ2) is 4.12. The Morgan fingerprint density at radius 1 is 0.950 bits per heavy atom. The van der Waals surface area contributed by atoms with E-state index in [9.17, 15) is 0 Å². The third kappa shape index (κ3) is 1.44. The van der Waals surface area contributed by atoms with E-state index in [1.807, 2.05) is 22.1 Å². The van der Waals surface area contributed by atoms with Gasteiger partial charge >= 0.3 is 0 Å². The molecule has 4 rings (SSSR count). The van der Waals surface area contributed by atoms with Crippen LogP contribution in [-0.4, -0.2) is 4.68 Å². The van der Waals surface area contributed by atoms with E-state index in [0.717, 1.165) is 11.4 Å². The molecule has 3 heteroatoms. The second-order valence-electron chi connectivity index (χ2n) is 4.97. The summed E-state index contributed by atoms with van der Waals surface area (Å²) in [6, 6.07) is 18.9. The number of rotatable bonds is 1. The molecule has 2 N–H and O–H groups in total. The van der Waals surface area contributed by atoms with Crippen LogP contribution < -0.4 is 5.84 Å². The normalized spacial score (nSPS) is 11.4. The Bertz CT molecular complexity index is 916. The third-order valence-corrected chi connectivity index (χ3v) is 5.00. The average Bonchev–Trinajstić information content (AvgIpc) is 2.96. The predicted octanol–water partition coefficient (Wildman–Crippen LogP) is 4.55. The molecule has 0 fully saturated rings. The molecule has 20 heavy (non-hydrogen) atoms. The van der Waals surface area contributed by atoms with E-state index in [2.05, 4.69) is 55.5 Å². The van der Waals surface area contributed by atoms with Gasteiger partial charge in [0.1, 0.15) is 0 Å². The van der Waals surface area contributed by atoms with Crippen molar-refractivity contribution >= 4 is 31.5 Å². The Morgan fingerprint density at radius 3 is 2.45 bits per heavy atom. The average molecular weight is 278 g/mol. The van der Waals surface area contributed by atoms with Crippen LogP contribution in [0.3, 0.4) is 0 Å². The SMILES string of the molecule is Cc1c2c(sc3ccccc32)c(-c2ccccc2)n1N. The van der Waals surface area contributed by atoms with E-state index >= 15 is 0 Å². The largest absolute Gasteiger partial charge is 0.339 e. The van der Waals surface area contributed by atoms with Gasteiger partial charge < -0.3 is 5.84 Å². The maximum absolute atomic E-state index is 6.31. The highest BCUT2D eigenvalue weighted by atomic mass is 32.1. The maximum atomic E-state index is 6.31. The molecular formula is C17H14N2S. The van der Waals surface area contributed by atoms with Crippen LogP contribution in [0.2, 0.25) is 0 Å². The molecule has 2 aromatic carbocycles. The Balaban J connectivity index is 2.19. The van der Waals surface area contributed by atoms with E-state index in [4.69, 9.17) is 5.84 Å². The molecular weight excluding hydrogens is 264 g/mol. The molecule has 0 bridgehead atoms. The lowest BCUT2D eigenvalue weighted by Gasteiger charge is -2.05. The first-order valence-corrected chi connectivity index (χ1v) is 7.42. The third-order valence-electron chi connectivity index (χ3n) is 3.82. The molecule has 98 valence electrons. The van der Waals surface area contributed by atoms with Gasteiger partial charge in [-0.3, -0.25) is 4.68 Å². The Labute approximate surface area is 121 Å². The van der Waals surface area contributed by atoms with E-state index in [-0.39, 0.29) is 0 Å². The zero-order valence-corrected chi connectivity index (χ0v) is 11.9. The summed E-state index contributed by atoms with van der Waals surface area (Å²) in [5.41, 5.74) is 3.40. The number of nitrogens with two attached hydrogens (primary N) is 1. The number of hydrogen-bond donors (Lipinski definition) is 1. The van der Waals surface area contributed by atoms with Crippen molar-refractivity contribution in [2.45, 2.75) is 6.92 Å². The minimum Gasteiger partial charge on any atom is -0.339 e. The number of thiophene rings is 1. The molecule has 0 saturated carbocycles. The predicted molar refractivity (Wildman–Crippen MR) is 87.6 cm³/mol. The summed E-state index contributed by atoms with van der Waals surface area (Å²) >= 11 is 1.82. The smallest absolute Gasteiger partial charge is 0.0872 e. The van der Waals surface area contributed by atoms with Crippen molar-refractivity contribution in [3.8, 4) is 11.3 Å². The molecule has 0 radical (unpaired) electrons. The zero-order chi connectivity index (χ0) is 13.7. The summed E-state index contributed by atoms with van der Waals surface area (Å²) < 4.78 is 4.42. The van der Waals surface area contributed by atoms with Crippen molar-refractivity contribution in [1.29, 1.82) is 0 Å². The van der Waals surface area contributed by atoms with Crippen molar-refractivity contribution in [2.75, 3.05) is 5.84 Å². The number of hydrogen-bond acceptors (Lipinski definition) is 2. The molecule has 0 aliphatic rings. The standard InChI is InChI=1S/C17H14N2S/c1-11-15-13-9-5-6-10-14(13)20-17(15)16(19(11)18)12-7-3-2-4-8-12/h2-10H,18H2,1H3. The summed E-state index contributed by atoms with van der Waals surface area (Å²) in [7, 11) is 0. The molecule has 0 unspecified atom stereocenters. The van der Waals surface area contributed by atoms with Gasteiger partial charge in [-0.25, -0.2) is 0 Å². The molecule has 0 spiro atoms. The Kier molecular flexibility index (Phi) is 2.38. The first-order valence-electron chi connectivity index (χ1n) is 6.60. The molecule has 2 nitrogen and oxygen atoms in total. The number of aromatic nitrogens is 1. The molecule has 0 aliphatic carbocycles. The quantitative estimate of drug-likeness (QED) is 0.509. The van der Waals surface area contributed by atoms with Crippen LogP contribution in [0, 0.1) is 6.92 Å². The topological polar surface area (TPSA) is 30.9 Å². The summed E-state index contributed by atoms with van der Waals surface area (Å²) in [6.45, 7) is 2.09. The highest BCUT2D eigenvalue weighted by Crippen LogP contribution is 2.42. The van der Waals surface area contributed by atoms with Gasteiger partial charge in [0.15, 0.2) is 0 Å². The number of nitrogens with zero attached hydrogens (tertiary/aromatic N) is 1. The van der Waals surface area contributed by atoms with Gasteiger partial charge in [-0.05, 0) is 13.0 Å². The van der Waals surface area contributed by atoms with Gasteiger partial charge in [0, 0.05) is 26.7 Å². The highest BCUT2D eigenvalue weighted by molar-refractivity contribution is 7.26. The lowest BCUT2D eigenvalue weighted by atomic mass is 10.1. The van der Waals surface area contributed by atoms with Crippen molar-refractivity contribution in [2.24, 2.45) is 0 Å². The fourth-order valence-corrected chi connectivity index (χ4v) is 4.15. The fraction of sp³-hybridized carbons (Fsp3) is 0.0588. The van der Waals surface area contributed by atoms with Crippen LogP contribution in [0.15, 0.2) is 54.6 Å². The van der Waals surface area contributed by atoms with E-state index in [1.54, 1.807) is 0 Å². The van der Waals surface area contributed by atoms with Crippen LogP contribution in [0.25, 0.3) is 31.4 Å². The molecule has 0 saturated heterocycles. The van der Waals surface area contributed by atoms with E-state index < -0.39 is 0 Å². The molecule has 2 heterocycles. The first kappa shape index (κ1) is 11.6. The van der Waals surface area contributed by atoms with Crippen LogP contribution >= 0.6 is 11.3 Å². The maximum Gasteiger partial charge on any atom is 0.0872 e. The minimum atomic E-state index is 1.11. The van der Waals surface area contributed by atoms with Crippen LogP contribution in [-0.2, 0) is 0 Å². The van der Waals surface area contributed by atoms with Gasteiger partial charge in [-0.2, -0.15) is 0 Å². The van der Waals surface area contributed by atoms with Crippen LogP contribution in [0.4, 0.5) is 0 Å². The molecule has 0 amide bonds. The van der Waals surface area contributed by atoms with Crippen molar-refractivity contribution < 1.29 is 0 Å². The van der Waals surface area contributed by atoms with E-state index in [1.165, 1.54) is 25.7 Å². The van der Waals surface area contributed by atoms with Gasteiger partial charge in [0.25, 0.3) is 0 Å². The number of nitrogen functional groups attached to an aromatic ring is 1. The van der Waals surface area contributed by atoms with Crippen LogP contribution in [0.5, 0.6) is 0 Å². The Morgan fingerprint density at radius 2 is 1.65 bits per heavy atom. The first-order chi connectivity index (χ1) is 9.77. The minimum absolute atomic E-state index is 1.11. The Hall–Kier alpha value is -2.26. The number of fused-ring (bicyclic) bond motifs is 3. The number of aryl methyl sites for hydroxylation is 1.